The molecule has 6 atom stereocenters. The van der Waals surface area contributed by atoms with Gasteiger partial charge in [0.2, 0.25) is 0 Å². The van der Waals surface area contributed by atoms with Crippen LogP contribution in [0.3, 0.4) is 0 Å². The molecular weight excluding hydrogens is 352 g/mol. The molecule has 4 nitrogen and oxygen atoms in total. The average molecular weight is 387 g/mol. The molecule has 0 saturated heterocycles. The Bertz CT molecular complexity index is 757. The number of ether oxygens (including phenoxy) is 1. The molecule has 4 rings (SSSR count). The molecule has 0 aromatic heterocycles. The van der Waals surface area contributed by atoms with Crippen LogP contribution in [0.25, 0.3) is 0 Å². The van der Waals surface area contributed by atoms with E-state index in [1.54, 1.807) is 0 Å². The fraction of sp³-hybridized carbons (Fsp3) is 0.792. The number of hydrogen-bond donors (Lipinski definition) is 0. The van der Waals surface area contributed by atoms with Gasteiger partial charge < -0.3 is 4.74 Å². The van der Waals surface area contributed by atoms with Crippen LogP contribution in [0, 0.1) is 34.0 Å². The summed E-state index contributed by atoms with van der Waals surface area (Å²) in [5, 5.41) is 0. The Kier molecular flexibility index (Phi) is 4.45. The molecule has 0 heterocycles. The molecule has 0 aromatic carbocycles. The third kappa shape index (κ3) is 2.81. The highest BCUT2D eigenvalue weighted by Crippen LogP contribution is 2.64. The quantitative estimate of drug-likeness (QED) is 0.615. The van der Waals surface area contributed by atoms with Crippen molar-refractivity contribution < 1.29 is 19.1 Å². The third-order valence-electron chi connectivity index (χ3n) is 8.51. The molecular formula is C24H34O4. The number of hydrogen-bond acceptors (Lipinski definition) is 4. The molecule has 4 aliphatic carbocycles. The first-order chi connectivity index (χ1) is 13.0. The molecule has 154 valence electrons. The Hall–Kier alpha value is -1.45. The predicted molar refractivity (Wildman–Crippen MR) is 106 cm³/mol. The Balaban J connectivity index is 1.67. The minimum atomic E-state index is -0.561. The molecule has 28 heavy (non-hydrogen) atoms. The van der Waals surface area contributed by atoms with E-state index in [2.05, 4.69) is 13.8 Å². The first-order valence-corrected chi connectivity index (χ1v) is 10.9. The van der Waals surface area contributed by atoms with Crippen LogP contribution in [0.4, 0.5) is 0 Å². The molecule has 0 spiro atoms. The molecule has 0 unspecified atom stereocenters. The highest BCUT2D eigenvalue weighted by atomic mass is 16.5. The summed E-state index contributed by atoms with van der Waals surface area (Å²) >= 11 is 0. The number of carbonyl (C=O) groups excluding carboxylic acids is 3. The van der Waals surface area contributed by atoms with E-state index in [4.69, 9.17) is 4.74 Å². The lowest BCUT2D eigenvalue weighted by molar-refractivity contribution is -0.167. The molecule has 3 saturated carbocycles. The van der Waals surface area contributed by atoms with E-state index in [9.17, 15) is 14.4 Å². The Morgan fingerprint density at radius 2 is 1.79 bits per heavy atom. The summed E-state index contributed by atoms with van der Waals surface area (Å²) in [5.41, 5.74) is 0.448. The fourth-order valence-electron chi connectivity index (χ4n) is 6.79. The summed E-state index contributed by atoms with van der Waals surface area (Å²) in [5.74, 6) is 1.30. The van der Waals surface area contributed by atoms with Gasteiger partial charge in [0, 0.05) is 24.2 Å². The maximum Gasteiger partial charge on any atom is 0.311 e. The van der Waals surface area contributed by atoms with Crippen LogP contribution in [0.15, 0.2) is 11.6 Å². The SMILES string of the molecule is CC(C)(C)C(=O)O[C@H]1CC(=O)[C@@]2(C)CC[C@H]3[C@@H](CCC4=CC(=O)CC[C@@]43C)[C@H]12. The normalized spacial score (nSPS) is 43.0. The molecule has 0 radical (unpaired) electrons. The first kappa shape index (κ1) is 19.8. The topological polar surface area (TPSA) is 60.4 Å². The molecule has 3 fully saturated rings. The number of carbonyl (C=O) groups is 3. The second-order valence-corrected chi connectivity index (χ2v) is 11.2. The largest absolute Gasteiger partial charge is 0.461 e. The standard InChI is InChI=1S/C24H34O4/c1-22(2,3)21(27)28-18-13-19(26)24(5)11-9-17-16(20(18)24)7-6-14-12-15(25)8-10-23(14,17)4/h12,16-18,20H,6-11,13H2,1-5H3/t16-,17+,18+,20-,23+,24-/m1/s1. The lowest BCUT2D eigenvalue weighted by Gasteiger charge is -2.57. The van der Waals surface area contributed by atoms with Crippen molar-refractivity contribution in [2.45, 2.75) is 85.7 Å². The van der Waals surface area contributed by atoms with Crippen LogP contribution < -0.4 is 0 Å². The smallest absolute Gasteiger partial charge is 0.311 e. The number of fused-ring (bicyclic) bond motifs is 5. The lowest BCUT2D eigenvalue weighted by Crippen LogP contribution is -2.53. The van der Waals surface area contributed by atoms with E-state index in [1.807, 2.05) is 26.8 Å². The Morgan fingerprint density at radius 3 is 2.46 bits per heavy atom. The summed E-state index contributed by atoms with van der Waals surface area (Å²) in [7, 11) is 0. The highest BCUT2D eigenvalue weighted by molar-refractivity contribution is 5.92. The van der Waals surface area contributed by atoms with E-state index in [1.165, 1.54) is 5.57 Å². The number of ketones is 2. The summed E-state index contributed by atoms with van der Waals surface area (Å²) < 4.78 is 5.99. The van der Waals surface area contributed by atoms with E-state index < -0.39 is 5.41 Å². The van der Waals surface area contributed by atoms with Gasteiger partial charge in [-0.25, -0.2) is 0 Å². The summed E-state index contributed by atoms with van der Waals surface area (Å²) in [6.45, 7) is 10.0. The zero-order chi connectivity index (χ0) is 20.5. The van der Waals surface area contributed by atoms with Crippen molar-refractivity contribution in [2.24, 2.45) is 34.0 Å². The van der Waals surface area contributed by atoms with Gasteiger partial charge in [-0.2, -0.15) is 0 Å². The van der Waals surface area contributed by atoms with Crippen molar-refractivity contribution in [3.63, 3.8) is 0 Å². The predicted octanol–water partition coefficient (Wildman–Crippen LogP) is 4.66. The maximum atomic E-state index is 13.0. The molecule has 4 heteroatoms. The highest BCUT2D eigenvalue weighted by Gasteiger charge is 2.63. The molecule has 0 aromatic rings. The molecule has 0 amide bonds. The van der Waals surface area contributed by atoms with Crippen LogP contribution >= 0.6 is 0 Å². The van der Waals surface area contributed by atoms with Gasteiger partial charge in [-0.1, -0.05) is 19.4 Å². The Labute approximate surface area is 168 Å². The zero-order valence-corrected chi connectivity index (χ0v) is 18.0. The first-order valence-electron chi connectivity index (χ1n) is 10.9. The van der Waals surface area contributed by atoms with Gasteiger partial charge in [0.05, 0.1) is 5.41 Å². The summed E-state index contributed by atoms with van der Waals surface area (Å²) in [6, 6.07) is 0. The molecule has 4 aliphatic rings. The van der Waals surface area contributed by atoms with Crippen molar-refractivity contribution in [1.29, 1.82) is 0 Å². The second kappa shape index (κ2) is 6.27. The number of Topliss-reactive ketones (excluding diaryl/α,β-unsaturated/α-hetero) is 1. The number of rotatable bonds is 1. The summed E-state index contributed by atoms with van der Waals surface area (Å²) in [6.07, 6.45) is 7.37. The molecule has 0 aliphatic heterocycles. The van der Waals surface area contributed by atoms with E-state index in [0.717, 1.165) is 32.1 Å². The molecule has 0 bridgehead atoms. The molecule has 0 N–H and O–H groups in total. The van der Waals surface area contributed by atoms with E-state index >= 15 is 0 Å². The van der Waals surface area contributed by atoms with Crippen LogP contribution in [0.5, 0.6) is 0 Å². The van der Waals surface area contributed by atoms with Crippen LogP contribution in [-0.4, -0.2) is 23.6 Å². The fourth-order valence-corrected chi connectivity index (χ4v) is 6.79. The number of allylic oxidation sites excluding steroid dienone is 1. The van der Waals surface area contributed by atoms with Gasteiger partial charge in [-0.3, -0.25) is 14.4 Å². The van der Waals surface area contributed by atoms with Crippen LogP contribution in [-0.2, 0) is 19.1 Å². The van der Waals surface area contributed by atoms with Crippen molar-refractivity contribution >= 4 is 17.5 Å². The third-order valence-corrected chi connectivity index (χ3v) is 8.51. The van der Waals surface area contributed by atoms with E-state index in [0.29, 0.717) is 24.7 Å². The van der Waals surface area contributed by atoms with Gasteiger partial charge in [0.1, 0.15) is 11.9 Å². The van der Waals surface area contributed by atoms with Gasteiger partial charge in [0.25, 0.3) is 0 Å². The van der Waals surface area contributed by atoms with Crippen LogP contribution in [0.1, 0.15) is 79.6 Å². The van der Waals surface area contributed by atoms with Crippen molar-refractivity contribution in [1.82, 2.24) is 0 Å². The van der Waals surface area contributed by atoms with Gasteiger partial charge >= 0.3 is 5.97 Å². The minimum Gasteiger partial charge on any atom is -0.461 e. The number of esters is 1. The lowest BCUT2D eigenvalue weighted by atomic mass is 9.47. The maximum absolute atomic E-state index is 13.0. The van der Waals surface area contributed by atoms with Crippen molar-refractivity contribution in [3.8, 4) is 0 Å². The monoisotopic (exact) mass is 386 g/mol. The zero-order valence-electron chi connectivity index (χ0n) is 18.0. The van der Waals surface area contributed by atoms with Gasteiger partial charge in [0.15, 0.2) is 5.78 Å². The van der Waals surface area contributed by atoms with Gasteiger partial charge in [-0.15, -0.1) is 0 Å². The second-order valence-electron chi connectivity index (χ2n) is 11.2. The van der Waals surface area contributed by atoms with Gasteiger partial charge in [-0.05, 0) is 76.2 Å². The van der Waals surface area contributed by atoms with Crippen LogP contribution in [0.2, 0.25) is 0 Å². The van der Waals surface area contributed by atoms with Crippen molar-refractivity contribution in [2.75, 3.05) is 0 Å². The Morgan fingerprint density at radius 1 is 1.07 bits per heavy atom. The van der Waals surface area contributed by atoms with E-state index in [-0.39, 0.29) is 40.4 Å². The van der Waals surface area contributed by atoms with Crippen molar-refractivity contribution in [3.05, 3.63) is 11.6 Å². The average Bonchev–Trinajstić information content (AvgIpc) is 2.85. The summed E-state index contributed by atoms with van der Waals surface area (Å²) in [4.78, 5) is 37.6. The minimum absolute atomic E-state index is 0.0579.